The Morgan fingerprint density at radius 1 is 1.29 bits per heavy atom. The van der Waals surface area contributed by atoms with Crippen LogP contribution in [0.4, 0.5) is 15.9 Å². The molecule has 2 aromatic rings. The number of benzene rings is 1. The molecule has 0 fully saturated rings. The van der Waals surface area contributed by atoms with Crippen molar-refractivity contribution < 1.29 is 9.18 Å². The van der Waals surface area contributed by atoms with E-state index in [4.69, 9.17) is 5.73 Å². The van der Waals surface area contributed by atoms with Crippen LogP contribution in [0.5, 0.6) is 0 Å². The van der Waals surface area contributed by atoms with Crippen LogP contribution in [0.1, 0.15) is 10.5 Å². The first-order valence-electron chi connectivity index (χ1n) is 4.80. The second-order valence-corrected chi connectivity index (χ2v) is 3.25. The molecule has 1 aromatic heterocycles. The third-order valence-electron chi connectivity index (χ3n) is 2.02. The maximum atomic E-state index is 12.9. The molecule has 0 aliphatic heterocycles. The quantitative estimate of drug-likeness (QED) is 0.821. The molecule has 0 bridgehead atoms. The fraction of sp³-hybridized carbons (Fsp3) is 0. The van der Waals surface area contributed by atoms with Gasteiger partial charge in [0.15, 0.2) is 11.5 Å². The van der Waals surface area contributed by atoms with E-state index >= 15 is 0 Å². The minimum Gasteiger partial charge on any atom is -0.382 e. The van der Waals surface area contributed by atoms with Crippen LogP contribution >= 0.6 is 0 Å². The Bertz CT molecular complexity index is 559. The molecule has 5 nitrogen and oxygen atoms in total. The predicted octanol–water partition coefficient (Wildman–Crippen LogP) is 1.45. The SMILES string of the molecule is Nc1nccnc1C(=O)Nc1cccc(F)c1. The van der Waals surface area contributed by atoms with Crippen molar-refractivity contribution in [2.45, 2.75) is 0 Å². The summed E-state index contributed by atoms with van der Waals surface area (Å²) < 4.78 is 12.9. The number of nitrogens with zero attached hydrogens (tertiary/aromatic N) is 2. The van der Waals surface area contributed by atoms with Crippen LogP contribution in [-0.2, 0) is 0 Å². The Balaban J connectivity index is 2.20. The van der Waals surface area contributed by atoms with E-state index in [0.29, 0.717) is 5.69 Å². The molecular weight excluding hydrogens is 223 g/mol. The topological polar surface area (TPSA) is 80.9 Å². The number of rotatable bonds is 2. The molecule has 17 heavy (non-hydrogen) atoms. The molecule has 0 spiro atoms. The summed E-state index contributed by atoms with van der Waals surface area (Å²) in [6.45, 7) is 0. The molecule has 0 aliphatic rings. The summed E-state index contributed by atoms with van der Waals surface area (Å²) >= 11 is 0. The molecule has 1 heterocycles. The fourth-order valence-corrected chi connectivity index (χ4v) is 1.28. The molecule has 3 N–H and O–H groups in total. The average Bonchev–Trinajstić information content (AvgIpc) is 2.29. The highest BCUT2D eigenvalue weighted by Crippen LogP contribution is 2.11. The molecule has 0 aliphatic carbocycles. The lowest BCUT2D eigenvalue weighted by Gasteiger charge is -2.05. The smallest absolute Gasteiger partial charge is 0.278 e. The third kappa shape index (κ3) is 2.54. The minimum absolute atomic E-state index is 0.0109. The Morgan fingerprint density at radius 2 is 2.06 bits per heavy atom. The van der Waals surface area contributed by atoms with E-state index in [2.05, 4.69) is 15.3 Å². The standard InChI is InChI=1S/C11H9FN4O/c12-7-2-1-3-8(6-7)16-11(17)9-10(13)15-5-4-14-9/h1-6H,(H2,13,15)(H,16,17). The van der Waals surface area contributed by atoms with E-state index in [1.165, 1.54) is 30.6 Å². The fourth-order valence-electron chi connectivity index (χ4n) is 1.28. The first-order chi connectivity index (χ1) is 8.16. The Kier molecular flexibility index (Phi) is 2.95. The number of carbonyl (C=O) groups is 1. The van der Waals surface area contributed by atoms with Gasteiger partial charge in [-0.1, -0.05) is 6.07 Å². The number of hydrogen-bond acceptors (Lipinski definition) is 4. The molecule has 2 rings (SSSR count). The van der Waals surface area contributed by atoms with Crippen molar-refractivity contribution in [1.82, 2.24) is 9.97 Å². The second-order valence-electron chi connectivity index (χ2n) is 3.25. The van der Waals surface area contributed by atoms with Gasteiger partial charge >= 0.3 is 0 Å². The van der Waals surface area contributed by atoms with Gasteiger partial charge in [-0.05, 0) is 18.2 Å². The van der Waals surface area contributed by atoms with Gasteiger partial charge in [0, 0.05) is 18.1 Å². The van der Waals surface area contributed by atoms with Crippen LogP contribution in [0, 0.1) is 5.82 Å². The van der Waals surface area contributed by atoms with E-state index in [-0.39, 0.29) is 11.5 Å². The molecule has 0 atom stereocenters. The number of carbonyl (C=O) groups excluding carboxylic acids is 1. The van der Waals surface area contributed by atoms with Crippen molar-refractivity contribution in [3.8, 4) is 0 Å². The van der Waals surface area contributed by atoms with Crippen molar-refractivity contribution in [2.75, 3.05) is 11.1 Å². The summed E-state index contributed by atoms with van der Waals surface area (Å²) in [6, 6.07) is 5.54. The van der Waals surface area contributed by atoms with Crippen LogP contribution in [0.25, 0.3) is 0 Å². The number of anilines is 2. The van der Waals surface area contributed by atoms with Crippen LogP contribution in [0.3, 0.4) is 0 Å². The molecule has 1 aromatic carbocycles. The van der Waals surface area contributed by atoms with E-state index in [1.807, 2.05) is 0 Å². The summed E-state index contributed by atoms with van der Waals surface area (Å²) in [5.74, 6) is -0.933. The summed E-state index contributed by atoms with van der Waals surface area (Å²) in [4.78, 5) is 19.3. The summed E-state index contributed by atoms with van der Waals surface area (Å²) in [5, 5.41) is 2.48. The van der Waals surface area contributed by atoms with E-state index in [0.717, 1.165) is 0 Å². The first-order valence-corrected chi connectivity index (χ1v) is 4.80. The highest BCUT2D eigenvalue weighted by atomic mass is 19.1. The monoisotopic (exact) mass is 232 g/mol. The van der Waals surface area contributed by atoms with Crippen LogP contribution in [0.2, 0.25) is 0 Å². The Morgan fingerprint density at radius 3 is 2.76 bits per heavy atom. The Hall–Kier alpha value is -2.50. The molecule has 0 saturated carbocycles. The maximum Gasteiger partial charge on any atom is 0.278 e. The molecule has 0 radical (unpaired) electrons. The zero-order valence-electron chi connectivity index (χ0n) is 8.72. The zero-order valence-corrected chi connectivity index (χ0v) is 8.72. The van der Waals surface area contributed by atoms with Gasteiger partial charge in [0.1, 0.15) is 5.82 Å². The molecule has 0 unspecified atom stereocenters. The summed E-state index contributed by atoms with van der Waals surface area (Å²) in [7, 11) is 0. The lowest BCUT2D eigenvalue weighted by molar-refractivity contribution is 0.102. The maximum absolute atomic E-state index is 12.9. The number of nitrogens with one attached hydrogen (secondary N) is 1. The van der Waals surface area contributed by atoms with E-state index in [1.54, 1.807) is 6.07 Å². The molecule has 0 saturated heterocycles. The third-order valence-corrected chi connectivity index (χ3v) is 2.02. The normalized spacial score (nSPS) is 9.94. The lowest BCUT2D eigenvalue weighted by Crippen LogP contribution is -2.16. The van der Waals surface area contributed by atoms with Crippen molar-refractivity contribution in [1.29, 1.82) is 0 Å². The van der Waals surface area contributed by atoms with Crippen LogP contribution in [0.15, 0.2) is 36.7 Å². The molecular formula is C11H9FN4O. The number of hydrogen-bond donors (Lipinski definition) is 2. The highest BCUT2D eigenvalue weighted by molar-refractivity contribution is 6.05. The van der Waals surface area contributed by atoms with E-state index in [9.17, 15) is 9.18 Å². The largest absolute Gasteiger partial charge is 0.382 e. The van der Waals surface area contributed by atoms with Gasteiger partial charge in [-0.2, -0.15) is 0 Å². The zero-order chi connectivity index (χ0) is 12.3. The first kappa shape index (κ1) is 11.0. The average molecular weight is 232 g/mol. The van der Waals surface area contributed by atoms with Gasteiger partial charge < -0.3 is 11.1 Å². The number of aromatic nitrogens is 2. The summed E-state index contributed by atoms with van der Waals surface area (Å²) in [5.41, 5.74) is 5.84. The molecule has 6 heteroatoms. The predicted molar refractivity (Wildman–Crippen MR) is 60.8 cm³/mol. The van der Waals surface area contributed by atoms with E-state index < -0.39 is 11.7 Å². The van der Waals surface area contributed by atoms with Crippen LogP contribution < -0.4 is 11.1 Å². The second kappa shape index (κ2) is 4.56. The minimum atomic E-state index is -0.527. The van der Waals surface area contributed by atoms with Crippen molar-refractivity contribution in [2.24, 2.45) is 0 Å². The number of nitrogens with two attached hydrogens (primary N) is 1. The number of halogens is 1. The van der Waals surface area contributed by atoms with Gasteiger partial charge in [-0.3, -0.25) is 4.79 Å². The van der Waals surface area contributed by atoms with Crippen LogP contribution in [-0.4, -0.2) is 15.9 Å². The number of amides is 1. The Labute approximate surface area is 96.5 Å². The molecule has 1 amide bonds. The molecule has 86 valence electrons. The number of nitrogen functional groups attached to an aromatic ring is 1. The van der Waals surface area contributed by atoms with Crippen molar-refractivity contribution in [3.63, 3.8) is 0 Å². The van der Waals surface area contributed by atoms with Gasteiger partial charge in [-0.25, -0.2) is 14.4 Å². The van der Waals surface area contributed by atoms with Gasteiger partial charge in [-0.15, -0.1) is 0 Å². The van der Waals surface area contributed by atoms with Crippen molar-refractivity contribution in [3.05, 3.63) is 48.2 Å². The van der Waals surface area contributed by atoms with Gasteiger partial charge in [0.05, 0.1) is 0 Å². The van der Waals surface area contributed by atoms with Gasteiger partial charge in [0.2, 0.25) is 0 Å². The lowest BCUT2D eigenvalue weighted by atomic mass is 10.3. The van der Waals surface area contributed by atoms with Crippen molar-refractivity contribution >= 4 is 17.4 Å². The summed E-state index contributed by atoms with van der Waals surface area (Å²) in [6.07, 6.45) is 2.74. The van der Waals surface area contributed by atoms with Gasteiger partial charge in [0.25, 0.3) is 5.91 Å². The highest BCUT2D eigenvalue weighted by Gasteiger charge is 2.12.